The first-order chi connectivity index (χ1) is 6.22. The number of hydrogen-bond acceptors (Lipinski definition) is 2. The SMILES string of the molecule is CSc1ccc(SCC(C)C)cc1. The lowest BCUT2D eigenvalue weighted by Crippen LogP contribution is -1.89. The van der Waals surface area contributed by atoms with Gasteiger partial charge in [0.1, 0.15) is 0 Å². The van der Waals surface area contributed by atoms with E-state index in [1.54, 1.807) is 11.8 Å². The van der Waals surface area contributed by atoms with Crippen molar-refractivity contribution in [3.05, 3.63) is 24.3 Å². The number of benzene rings is 1. The van der Waals surface area contributed by atoms with E-state index in [2.05, 4.69) is 44.4 Å². The first kappa shape index (κ1) is 11.0. The van der Waals surface area contributed by atoms with E-state index in [0.717, 1.165) is 5.92 Å². The molecule has 1 rings (SSSR count). The van der Waals surface area contributed by atoms with Crippen LogP contribution in [0.5, 0.6) is 0 Å². The molecule has 0 spiro atoms. The average Bonchev–Trinajstić information content (AvgIpc) is 2.15. The van der Waals surface area contributed by atoms with E-state index in [1.165, 1.54) is 15.5 Å². The molecule has 0 saturated heterocycles. The standard InChI is InChI=1S/C11H16S2/c1-9(2)8-13-11-6-4-10(12-3)5-7-11/h4-7,9H,8H2,1-3H3. The fourth-order valence-corrected chi connectivity index (χ4v) is 2.20. The summed E-state index contributed by atoms with van der Waals surface area (Å²) in [7, 11) is 0. The van der Waals surface area contributed by atoms with Gasteiger partial charge in [-0.2, -0.15) is 0 Å². The van der Waals surface area contributed by atoms with Gasteiger partial charge in [-0.15, -0.1) is 23.5 Å². The first-order valence-electron chi connectivity index (χ1n) is 4.49. The van der Waals surface area contributed by atoms with E-state index < -0.39 is 0 Å². The Morgan fingerprint density at radius 3 is 2.08 bits per heavy atom. The van der Waals surface area contributed by atoms with Gasteiger partial charge in [0, 0.05) is 15.5 Å². The fourth-order valence-electron chi connectivity index (χ4n) is 0.935. The molecule has 1 aromatic carbocycles. The summed E-state index contributed by atoms with van der Waals surface area (Å²) in [5, 5.41) is 0. The van der Waals surface area contributed by atoms with Crippen molar-refractivity contribution in [3.63, 3.8) is 0 Å². The van der Waals surface area contributed by atoms with Crippen LogP contribution in [0.3, 0.4) is 0 Å². The Kier molecular flexibility index (Phi) is 4.74. The first-order valence-corrected chi connectivity index (χ1v) is 6.70. The summed E-state index contributed by atoms with van der Waals surface area (Å²) in [6, 6.07) is 8.79. The Bertz CT molecular complexity index is 239. The maximum atomic E-state index is 2.25. The van der Waals surface area contributed by atoms with Gasteiger partial charge in [0.25, 0.3) is 0 Å². The molecule has 0 fully saturated rings. The molecule has 72 valence electrons. The molecule has 0 nitrogen and oxygen atoms in total. The smallest absolute Gasteiger partial charge is 0.00728 e. The zero-order valence-electron chi connectivity index (χ0n) is 8.41. The minimum atomic E-state index is 0.769. The predicted molar refractivity (Wildman–Crippen MR) is 63.8 cm³/mol. The third-order valence-corrected chi connectivity index (χ3v) is 3.83. The third kappa shape index (κ3) is 4.10. The molecule has 0 N–H and O–H groups in total. The van der Waals surface area contributed by atoms with Crippen LogP contribution in [-0.2, 0) is 0 Å². The van der Waals surface area contributed by atoms with Gasteiger partial charge >= 0.3 is 0 Å². The summed E-state index contributed by atoms with van der Waals surface area (Å²) >= 11 is 3.73. The van der Waals surface area contributed by atoms with Gasteiger partial charge in [-0.3, -0.25) is 0 Å². The van der Waals surface area contributed by atoms with E-state index in [1.807, 2.05) is 11.8 Å². The Morgan fingerprint density at radius 1 is 1.08 bits per heavy atom. The summed E-state index contributed by atoms with van der Waals surface area (Å²) in [5.74, 6) is 1.98. The van der Waals surface area contributed by atoms with E-state index in [-0.39, 0.29) is 0 Å². The molecule has 1 aromatic rings. The van der Waals surface area contributed by atoms with Crippen LogP contribution in [0.1, 0.15) is 13.8 Å². The van der Waals surface area contributed by atoms with Crippen molar-refractivity contribution >= 4 is 23.5 Å². The molecule has 13 heavy (non-hydrogen) atoms. The lowest BCUT2D eigenvalue weighted by molar-refractivity contribution is 0.750. The molecule has 2 heteroatoms. The molecule has 0 radical (unpaired) electrons. The molecule has 0 heterocycles. The van der Waals surface area contributed by atoms with Gasteiger partial charge in [0.15, 0.2) is 0 Å². The van der Waals surface area contributed by atoms with E-state index in [0.29, 0.717) is 0 Å². The van der Waals surface area contributed by atoms with Gasteiger partial charge in [-0.1, -0.05) is 13.8 Å². The second-order valence-electron chi connectivity index (χ2n) is 3.38. The van der Waals surface area contributed by atoms with Crippen LogP contribution in [0.2, 0.25) is 0 Å². The monoisotopic (exact) mass is 212 g/mol. The van der Waals surface area contributed by atoms with Crippen LogP contribution in [0.4, 0.5) is 0 Å². The molecule has 0 aliphatic rings. The topological polar surface area (TPSA) is 0 Å². The quantitative estimate of drug-likeness (QED) is 0.687. The largest absolute Gasteiger partial charge is 0.130 e. The normalized spacial score (nSPS) is 10.8. The van der Waals surface area contributed by atoms with Gasteiger partial charge in [0.2, 0.25) is 0 Å². The predicted octanol–water partition coefficient (Wildman–Crippen LogP) is 4.16. The Balaban J connectivity index is 2.49. The van der Waals surface area contributed by atoms with Crippen LogP contribution in [0.15, 0.2) is 34.1 Å². The van der Waals surface area contributed by atoms with Crippen molar-refractivity contribution in [1.29, 1.82) is 0 Å². The lowest BCUT2D eigenvalue weighted by Gasteiger charge is -2.04. The van der Waals surface area contributed by atoms with Crippen molar-refractivity contribution in [2.45, 2.75) is 23.6 Å². The minimum absolute atomic E-state index is 0.769. The zero-order chi connectivity index (χ0) is 9.68. The van der Waals surface area contributed by atoms with Gasteiger partial charge in [-0.05, 0) is 36.4 Å². The van der Waals surface area contributed by atoms with Crippen molar-refractivity contribution in [3.8, 4) is 0 Å². The van der Waals surface area contributed by atoms with Crippen molar-refractivity contribution < 1.29 is 0 Å². The molecule has 0 unspecified atom stereocenters. The molecule has 0 aliphatic carbocycles. The molecule has 0 saturated carbocycles. The lowest BCUT2D eigenvalue weighted by atomic mass is 10.3. The third-order valence-electron chi connectivity index (χ3n) is 1.64. The minimum Gasteiger partial charge on any atom is -0.130 e. The Labute approximate surface area is 89.5 Å². The number of rotatable bonds is 4. The highest BCUT2D eigenvalue weighted by atomic mass is 32.2. The second kappa shape index (κ2) is 5.61. The molecule has 0 amide bonds. The maximum absolute atomic E-state index is 2.25. The van der Waals surface area contributed by atoms with E-state index in [4.69, 9.17) is 0 Å². The summed E-state index contributed by atoms with van der Waals surface area (Å²) in [6.07, 6.45) is 2.11. The summed E-state index contributed by atoms with van der Waals surface area (Å²) in [5.41, 5.74) is 0. The van der Waals surface area contributed by atoms with Crippen LogP contribution in [0.25, 0.3) is 0 Å². The maximum Gasteiger partial charge on any atom is 0.00728 e. The van der Waals surface area contributed by atoms with Crippen LogP contribution >= 0.6 is 23.5 Å². The molecule has 0 aliphatic heterocycles. The van der Waals surface area contributed by atoms with E-state index >= 15 is 0 Å². The zero-order valence-corrected chi connectivity index (χ0v) is 10.0. The number of hydrogen-bond donors (Lipinski definition) is 0. The van der Waals surface area contributed by atoms with Crippen molar-refractivity contribution in [2.75, 3.05) is 12.0 Å². The molecule has 0 bridgehead atoms. The van der Waals surface area contributed by atoms with Crippen LogP contribution in [0, 0.1) is 5.92 Å². The van der Waals surface area contributed by atoms with Gasteiger partial charge < -0.3 is 0 Å². The molecule has 0 aromatic heterocycles. The summed E-state index contributed by atoms with van der Waals surface area (Å²) in [4.78, 5) is 2.72. The Hall–Kier alpha value is -0.0800. The molecular formula is C11H16S2. The van der Waals surface area contributed by atoms with Gasteiger partial charge in [-0.25, -0.2) is 0 Å². The average molecular weight is 212 g/mol. The second-order valence-corrected chi connectivity index (χ2v) is 5.35. The van der Waals surface area contributed by atoms with Crippen LogP contribution in [-0.4, -0.2) is 12.0 Å². The highest BCUT2D eigenvalue weighted by Crippen LogP contribution is 2.23. The van der Waals surface area contributed by atoms with Crippen LogP contribution < -0.4 is 0 Å². The van der Waals surface area contributed by atoms with Crippen molar-refractivity contribution in [1.82, 2.24) is 0 Å². The summed E-state index contributed by atoms with van der Waals surface area (Å²) in [6.45, 7) is 4.51. The number of thioether (sulfide) groups is 2. The summed E-state index contributed by atoms with van der Waals surface area (Å²) < 4.78 is 0. The molecular weight excluding hydrogens is 196 g/mol. The van der Waals surface area contributed by atoms with E-state index in [9.17, 15) is 0 Å². The van der Waals surface area contributed by atoms with Crippen molar-refractivity contribution in [2.24, 2.45) is 5.92 Å². The Morgan fingerprint density at radius 2 is 1.62 bits per heavy atom. The fraction of sp³-hybridized carbons (Fsp3) is 0.455. The molecule has 0 atom stereocenters. The highest BCUT2D eigenvalue weighted by molar-refractivity contribution is 7.99. The van der Waals surface area contributed by atoms with Gasteiger partial charge in [0.05, 0.1) is 0 Å². The highest BCUT2D eigenvalue weighted by Gasteiger charge is 1.97.